The molecule has 0 amide bonds. The Balaban J connectivity index is 1.80. The average molecular weight is 206 g/mol. The van der Waals surface area contributed by atoms with Crippen LogP contribution in [0.15, 0.2) is 18.2 Å². The first kappa shape index (κ1) is 10.4. The van der Waals surface area contributed by atoms with E-state index in [1.807, 2.05) is 25.2 Å². The number of nitrogens with zero attached hydrogens (tertiary/aromatic N) is 1. The first-order valence-electron chi connectivity index (χ1n) is 5.62. The minimum atomic E-state index is 0.753. The first-order chi connectivity index (χ1) is 7.38. The van der Waals surface area contributed by atoms with Crippen molar-refractivity contribution in [1.29, 1.82) is 0 Å². The smallest absolute Gasteiger partial charge is 0.213 e. The zero-order valence-corrected chi connectivity index (χ0v) is 9.20. The van der Waals surface area contributed by atoms with Gasteiger partial charge in [-0.1, -0.05) is 18.9 Å². The number of pyridine rings is 1. The van der Waals surface area contributed by atoms with Crippen LogP contribution in [0, 0.1) is 5.92 Å². The Kier molecular flexibility index (Phi) is 3.56. The SMILES string of the molecule is CNCc1cccc(OCCC2CC2)n1. The molecule has 3 nitrogen and oxygen atoms in total. The van der Waals surface area contributed by atoms with Crippen molar-refractivity contribution in [3.63, 3.8) is 0 Å². The maximum Gasteiger partial charge on any atom is 0.213 e. The molecule has 1 fully saturated rings. The third-order valence-electron chi connectivity index (χ3n) is 2.61. The van der Waals surface area contributed by atoms with Gasteiger partial charge in [-0.25, -0.2) is 4.98 Å². The molecule has 1 aliphatic rings. The van der Waals surface area contributed by atoms with Crippen molar-refractivity contribution in [2.45, 2.75) is 25.8 Å². The maximum absolute atomic E-state index is 5.60. The van der Waals surface area contributed by atoms with Crippen LogP contribution in [0.25, 0.3) is 0 Å². The summed E-state index contributed by atoms with van der Waals surface area (Å²) in [6.07, 6.45) is 3.95. The van der Waals surface area contributed by atoms with E-state index >= 15 is 0 Å². The van der Waals surface area contributed by atoms with Gasteiger partial charge in [0.1, 0.15) is 0 Å². The molecule has 0 bridgehead atoms. The highest BCUT2D eigenvalue weighted by molar-refractivity contribution is 5.15. The Labute approximate surface area is 90.9 Å². The number of hydrogen-bond acceptors (Lipinski definition) is 3. The fraction of sp³-hybridized carbons (Fsp3) is 0.583. The molecule has 1 heterocycles. The van der Waals surface area contributed by atoms with Gasteiger partial charge >= 0.3 is 0 Å². The Morgan fingerprint density at radius 2 is 2.33 bits per heavy atom. The highest BCUT2D eigenvalue weighted by atomic mass is 16.5. The fourth-order valence-electron chi connectivity index (χ4n) is 1.55. The van der Waals surface area contributed by atoms with E-state index in [-0.39, 0.29) is 0 Å². The molecule has 0 aromatic carbocycles. The minimum Gasteiger partial charge on any atom is -0.478 e. The Bertz CT molecular complexity index is 310. The predicted molar refractivity (Wildman–Crippen MR) is 59.8 cm³/mol. The molecule has 1 aliphatic carbocycles. The van der Waals surface area contributed by atoms with Gasteiger partial charge in [-0.05, 0) is 25.5 Å². The Morgan fingerprint density at radius 3 is 3.07 bits per heavy atom. The van der Waals surface area contributed by atoms with E-state index < -0.39 is 0 Å². The maximum atomic E-state index is 5.60. The standard InChI is InChI=1S/C12H18N2O/c1-13-9-11-3-2-4-12(14-11)15-8-7-10-5-6-10/h2-4,10,13H,5-9H2,1H3. The van der Waals surface area contributed by atoms with E-state index in [9.17, 15) is 0 Å². The summed E-state index contributed by atoms with van der Waals surface area (Å²) >= 11 is 0. The third-order valence-corrected chi connectivity index (χ3v) is 2.61. The van der Waals surface area contributed by atoms with Crippen molar-refractivity contribution in [3.05, 3.63) is 23.9 Å². The van der Waals surface area contributed by atoms with E-state index in [0.717, 1.165) is 30.6 Å². The monoisotopic (exact) mass is 206 g/mol. The van der Waals surface area contributed by atoms with Gasteiger partial charge in [-0.3, -0.25) is 0 Å². The molecule has 3 heteroatoms. The van der Waals surface area contributed by atoms with Crippen LogP contribution < -0.4 is 10.1 Å². The molecule has 0 spiro atoms. The number of ether oxygens (including phenoxy) is 1. The average Bonchev–Trinajstić information content (AvgIpc) is 3.03. The van der Waals surface area contributed by atoms with Crippen LogP contribution >= 0.6 is 0 Å². The zero-order valence-electron chi connectivity index (χ0n) is 9.20. The molecular weight excluding hydrogens is 188 g/mol. The van der Waals surface area contributed by atoms with Gasteiger partial charge in [0.05, 0.1) is 12.3 Å². The normalized spacial score (nSPS) is 15.3. The van der Waals surface area contributed by atoms with Crippen molar-refractivity contribution < 1.29 is 4.74 Å². The molecule has 1 saturated carbocycles. The summed E-state index contributed by atoms with van der Waals surface area (Å²) < 4.78 is 5.60. The number of nitrogens with one attached hydrogen (secondary N) is 1. The van der Waals surface area contributed by atoms with E-state index in [4.69, 9.17) is 4.74 Å². The summed E-state index contributed by atoms with van der Waals surface area (Å²) in [6.45, 7) is 1.60. The molecule has 0 unspecified atom stereocenters. The molecule has 0 radical (unpaired) electrons. The van der Waals surface area contributed by atoms with Gasteiger partial charge in [0, 0.05) is 12.6 Å². The molecular formula is C12H18N2O. The highest BCUT2D eigenvalue weighted by Gasteiger charge is 2.20. The molecule has 1 aromatic heterocycles. The van der Waals surface area contributed by atoms with Gasteiger partial charge < -0.3 is 10.1 Å². The van der Waals surface area contributed by atoms with Gasteiger partial charge in [0.15, 0.2) is 0 Å². The minimum absolute atomic E-state index is 0.753. The summed E-state index contributed by atoms with van der Waals surface area (Å²) in [5.74, 6) is 1.67. The van der Waals surface area contributed by atoms with Crippen molar-refractivity contribution in [3.8, 4) is 5.88 Å². The molecule has 15 heavy (non-hydrogen) atoms. The summed E-state index contributed by atoms with van der Waals surface area (Å²) in [4.78, 5) is 4.40. The summed E-state index contributed by atoms with van der Waals surface area (Å²) in [5, 5.41) is 3.08. The van der Waals surface area contributed by atoms with Gasteiger partial charge in [-0.2, -0.15) is 0 Å². The van der Waals surface area contributed by atoms with E-state index in [1.165, 1.54) is 19.3 Å². The lowest BCUT2D eigenvalue weighted by Gasteiger charge is -2.06. The lowest BCUT2D eigenvalue weighted by Crippen LogP contribution is -2.08. The largest absolute Gasteiger partial charge is 0.478 e. The quantitative estimate of drug-likeness (QED) is 0.772. The van der Waals surface area contributed by atoms with Crippen LogP contribution in [0.5, 0.6) is 5.88 Å². The second-order valence-corrected chi connectivity index (χ2v) is 4.08. The molecule has 1 aromatic rings. The van der Waals surface area contributed by atoms with Crippen molar-refractivity contribution in [1.82, 2.24) is 10.3 Å². The molecule has 82 valence electrons. The molecule has 0 atom stereocenters. The van der Waals surface area contributed by atoms with Crippen LogP contribution in [0.3, 0.4) is 0 Å². The van der Waals surface area contributed by atoms with Crippen molar-refractivity contribution >= 4 is 0 Å². The highest BCUT2D eigenvalue weighted by Crippen LogP contribution is 2.32. The van der Waals surface area contributed by atoms with Crippen LogP contribution in [-0.2, 0) is 6.54 Å². The van der Waals surface area contributed by atoms with Crippen LogP contribution in [0.4, 0.5) is 0 Å². The summed E-state index contributed by atoms with van der Waals surface area (Å²) in [5.41, 5.74) is 1.03. The Hall–Kier alpha value is -1.09. The van der Waals surface area contributed by atoms with Gasteiger partial charge in [0.25, 0.3) is 0 Å². The number of aromatic nitrogens is 1. The van der Waals surface area contributed by atoms with E-state index in [0.29, 0.717) is 0 Å². The summed E-state index contributed by atoms with van der Waals surface area (Å²) in [6, 6.07) is 5.92. The lowest BCUT2D eigenvalue weighted by atomic mass is 10.3. The van der Waals surface area contributed by atoms with Crippen molar-refractivity contribution in [2.24, 2.45) is 5.92 Å². The van der Waals surface area contributed by atoms with Crippen molar-refractivity contribution in [2.75, 3.05) is 13.7 Å². The van der Waals surface area contributed by atoms with Gasteiger partial charge in [-0.15, -0.1) is 0 Å². The summed E-state index contributed by atoms with van der Waals surface area (Å²) in [7, 11) is 1.92. The second kappa shape index (κ2) is 5.12. The van der Waals surface area contributed by atoms with E-state index in [1.54, 1.807) is 0 Å². The number of hydrogen-bond donors (Lipinski definition) is 1. The van der Waals surface area contributed by atoms with Crippen LogP contribution in [0.2, 0.25) is 0 Å². The predicted octanol–water partition coefficient (Wildman–Crippen LogP) is 1.98. The molecule has 2 rings (SSSR count). The van der Waals surface area contributed by atoms with Crippen LogP contribution in [-0.4, -0.2) is 18.6 Å². The fourth-order valence-corrected chi connectivity index (χ4v) is 1.55. The topological polar surface area (TPSA) is 34.1 Å². The molecule has 0 aliphatic heterocycles. The Morgan fingerprint density at radius 1 is 1.47 bits per heavy atom. The zero-order chi connectivity index (χ0) is 10.5. The second-order valence-electron chi connectivity index (χ2n) is 4.08. The van der Waals surface area contributed by atoms with Crippen LogP contribution in [0.1, 0.15) is 25.0 Å². The number of rotatable bonds is 6. The third kappa shape index (κ3) is 3.51. The van der Waals surface area contributed by atoms with Gasteiger partial charge in [0.2, 0.25) is 5.88 Å². The lowest BCUT2D eigenvalue weighted by molar-refractivity contribution is 0.290. The van der Waals surface area contributed by atoms with E-state index in [2.05, 4.69) is 10.3 Å². The first-order valence-corrected chi connectivity index (χ1v) is 5.62. The molecule has 0 saturated heterocycles. The molecule has 1 N–H and O–H groups in total.